The second-order valence-electron chi connectivity index (χ2n) is 2.78. The molecule has 1 aromatic rings. The Labute approximate surface area is 92.8 Å². The molecule has 1 unspecified atom stereocenters. The van der Waals surface area contributed by atoms with Crippen LogP contribution in [-0.2, 0) is 0 Å². The summed E-state index contributed by atoms with van der Waals surface area (Å²) in [6, 6.07) is 0. The predicted molar refractivity (Wildman–Crippen MR) is 58.5 cm³/mol. The third kappa shape index (κ3) is 2.97. The van der Waals surface area contributed by atoms with E-state index in [1.165, 1.54) is 32.2 Å². The van der Waals surface area contributed by atoms with Crippen LogP contribution in [0, 0.1) is 0 Å². The fourth-order valence-electron chi connectivity index (χ4n) is 1.08. The Hall–Kier alpha value is -1.01. The monoisotopic (exact) mass is 230 g/mol. The second-order valence-corrected chi connectivity index (χ2v) is 3.69. The van der Waals surface area contributed by atoms with E-state index in [9.17, 15) is 5.11 Å². The van der Waals surface area contributed by atoms with Crippen molar-refractivity contribution in [1.29, 1.82) is 0 Å². The molecule has 84 valence electrons. The number of thioether (sulfide) groups is 1. The maximum absolute atomic E-state index is 9.75. The molecule has 0 spiro atoms. The van der Waals surface area contributed by atoms with Gasteiger partial charge in [-0.1, -0.05) is 0 Å². The highest BCUT2D eigenvalue weighted by molar-refractivity contribution is 7.98. The molecule has 0 aliphatic rings. The maximum atomic E-state index is 9.75. The zero-order chi connectivity index (χ0) is 11.3. The first kappa shape index (κ1) is 12.1. The van der Waals surface area contributed by atoms with Crippen molar-refractivity contribution in [3.63, 3.8) is 0 Å². The van der Waals surface area contributed by atoms with Crippen molar-refractivity contribution in [2.24, 2.45) is 0 Å². The van der Waals surface area contributed by atoms with Crippen molar-refractivity contribution >= 4 is 11.8 Å². The van der Waals surface area contributed by atoms with E-state index in [1.54, 1.807) is 0 Å². The SMILES string of the molecule is COc1cnc(C(O)CSC)c(OC)n1. The number of hydrogen-bond acceptors (Lipinski definition) is 6. The lowest BCUT2D eigenvalue weighted by molar-refractivity contribution is 0.191. The summed E-state index contributed by atoms with van der Waals surface area (Å²) in [5.74, 6) is 1.22. The third-order valence-electron chi connectivity index (χ3n) is 1.79. The average molecular weight is 230 g/mol. The number of ether oxygens (including phenoxy) is 2. The Morgan fingerprint density at radius 1 is 1.47 bits per heavy atom. The summed E-state index contributed by atoms with van der Waals surface area (Å²) in [7, 11) is 2.99. The van der Waals surface area contributed by atoms with Gasteiger partial charge in [0.15, 0.2) is 0 Å². The Bertz CT molecular complexity index is 322. The minimum absolute atomic E-state index is 0.302. The molecule has 1 N–H and O–H groups in total. The minimum Gasteiger partial charge on any atom is -0.480 e. The first-order chi connectivity index (χ1) is 7.22. The standard InChI is InChI=1S/C9H14N2O3S/c1-13-7-4-10-8(6(12)5-15-3)9(11-7)14-2/h4,6,12H,5H2,1-3H3. The van der Waals surface area contributed by atoms with Crippen molar-refractivity contribution in [3.8, 4) is 11.8 Å². The number of hydrogen-bond donors (Lipinski definition) is 1. The number of aliphatic hydroxyl groups excluding tert-OH is 1. The quantitative estimate of drug-likeness (QED) is 0.810. The molecule has 0 aliphatic carbocycles. The third-order valence-corrected chi connectivity index (χ3v) is 2.44. The van der Waals surface area contributed by atoms with Crippen LogP contribution in [0.5, 0.6) is 11.8 Å². The average Bonchev–Trinajstić information content (AvgIpc) is 2.28. The molecule has 1 heterocycles. The van der Waals surface area contributed by atoms with E-state index in [2.05, 4.69) is 9.97 Å². The van der Waals surface area contributed by atoms with E-state index in [0.29, 0.717) is 23.2 Å². The summed E-state index contributed by atoms with van der Waals surface area (Å²) in [5.41, 5.74) is 0.438. The highest BCUT2D eigenvalue weighted by Crippen LogP contribution is 2.24. The largest absolute Gasteiger partial charge is 0.480 e. The van der Waals surface area contributed by atoms with E-state index in [-0.39, 0.29) is 0 Å². The molecular formula is C9H14N2O3S. The smallest absolute Gasteiger partial charge is 0.241 e. The zero-order valence-corrected chi connectivity index (χ0v) is 9.74. The van der Waals surface area contributed by atoms with Gasteiger partial charge in [-0.3, -0.25) is 0 Å². The van der Waals surface area contributed by atoms with Crippen molar-refractivity contribution in [2.45, 2.75) is 6.10 Å². The molecule has 1 aromatic heterocycles. The molecule has 0 aromatic carbocycles. The van der Waals surface area contributed by atoms with Crippen LogP contribution in [0.4, 0.5) is 0 Å². The highest BCUT2D eigenvalue weighted by atomic mass is 32.2. The second kappa shape index (κ2) is 5.77. The van der Waals surface area contributed by atoms with E-state index in [0.717, 1.165) is 0 Å². The van der Waals surface area contributed by atoms with Crippen LogP contribution < -0.4 is 9.47 Å². The van der Waals surface area contributed by atoms with Crippen molar-refractivity contribution in [3.05, 3.63) is 11.9 Å². The number of rotatable bonds is 5. The minimum atomic E-state index is -0.673. The normalized spacial score (nSPS) is 12.3. The summed E-state index contributed by atoms with van der Waals surface area (Å²) in [4.78, 5) is 8.10. The van der Waals surface area contributed by atoms with Crippen LogP contribution in [-0.4, -0.2) is 41.3 Å². The Kier molecular flexibility index (Phi) is 4.64. The molecule has 1 rings (SSSR count). The van der Waals surface area contributed by atoms with Gasteiger partial charge in [0.1, 0.15) is 11.8 Å². The fourth-order valence-corrected chi connectivity index (χ4v) is 1.55. The van der Waals surface area contributed by atoms with Gasteiger partial charge in [-0.2, -0.15) is 16.7 Å². The van der Waals surface area contributed by atoms with E-state index in [4.69, 9.17) is 9.47 Å². The maximum Gasteiger partial charge on any atom is 0.241 e. The Balaban J connectivity index is 2.96. The van der Waals surface area contributed by atoms with Crippen molar-refractivity contribution in [1.82, 2.24) is 9.97 Å². The molecule has 0 saturated carbocycles. The summed E-state index contributed by atoms with van der Waals surface area (Å²) >= 11 is 1.53. The van der Waals surface area contributed by atoms with Gasteiger partial charge >= 0.3 is 0 Å². The summed E-state index contributed by atoms with van der Waals surface area (Å²) in [6.45, 7) is 0. The van der Waals surface area contributed by atoms with Gasteiger partial charge in [-0.25, -0.2) is 4.98 Å². The van der Waals surface area contributed by atoms with Gasteiger partial charge in [0.2, 0.25) is 11.8 Å². The lowest BCUT2D eigenvalue weighted by atomic mass is 10.3. The molecule has 1 atom stereocenters. The highest BCUT2D eigenvalue weighted by Gasteiger charge is 2.16. The first-order valence-corrected chi connectivity index (χ1v) is 5.74. The molecule has 15 heavy (non-hydrogen) atoms. The van der Waals surface area contributed by atoms with Gasteiger partial charge < -0.3 is 14.6 Å². The van der Waals surface area contributed by atoms with Gasteiger partial charge in [0.05, 0.1) is 20.4 Å². The molecule has 0 amide bonds. The number of aliphatic hydroxyl groups is 1. The summed E-state index contributed by atoms with van der Waals surface area (Å²) < 4.78 is 9.94. The fraction of sp³-hybridized carbons (Fsp3) is 0.556. The van der Waals surface area contributed by atoms with Crippen molar-refractivity contribution < 1.29 is 14.6 Å². The van der Waals surface area contributed by atoms with Crippen LogP contribution in [0.1, 0.15) is 11.8 Å². The molecular weight excluding hydrogens is 216 g/mol. The molecule has 5 nitrogen and oxygen atoms in total. The van der Waals surface area contributed by atoms with Crippen LogP contribution in [0.15, 0.2) is 6.20 Å². The molecule has 0 saturated heterocycles. The lowest BCUT2D eigenvalue weighted by Crippen LogP contribution is -2.07. The molecule has 0 radical (unpaired) electrons. The number of aromatic nitrogens is 2. The van der Waals surface area contributed by atoms with Gasteiger partial charge in [0.25, 0.3) is 0 Å². The van der Waals surface area contributed by atoms with Crippen LogP contribution in [0.3, 0.4) is 0 Å². The van der Waals surface area contributed by atoms with E-state index < -0.39 is 6.10 Å². The van der Waals surface area contributed by atoms with Gasteiger partial charge in [-0.05, 0) is 6.26 Å². The molecule has 6 heteroatoms. The van der Waals surface area contributed by atoms with E-state index in [1.807, 2.05) is 6.26 Å². The van der Waals surface area contributed by atoms with Crippen LogP contribution >= 0.6 is 11.8 Å². The van der Waals surface area contributed by atoms with Crippen LogP contribution in [0.25, 0.3) is 0 Å². The molecule has 0 bridgehead atoms. The number of methoxy groups -OCH3 is 2. The van der Waals surface area contributed by atoms with Gasteiger partial charge in [-0.15, -0.1) is 0 Å². The van der Waals surface area contributed by atoms with Crippen LogP contribution in [0.2, 0.25) is 0 Å². The zero-order valence-electron chi connectivity index (χ0n) is 8.93. The number of nitrogens with zero attached hydrogens (tertiary/aromatic N) is 2. The first-order valence-electron chi connectivity index (χ1n) is 4.34. The molecule has 0 aliphatic heterocycles. The summed E-state index contributed by atoms with van der Waals surface area (Å²) in [5, 5.41) is 9.75. The van der Waals surface area contributed by atoms with Gasteiger partial charge in [0, 0.05) is 5.75 Å². The van der Waals surface area contributed by atoms with E-state index >= 15 is 0 Å². The summed E-state index contributed by atoms with van der Waals surface area (Å²) in [6.07, 6.45) is 2.70. The molecule has 0 fully saturated rings. The lowest BCUT2D eigenvalue weighted by Gasteiger charge is -2.12. The predicted octanol–water partition coefficient (Wildman–Crippen LogP) is 0.890. The topological polar surface area (TPSA) is 64.5 Å². The van der Waals surface area contributed by atoms with Crippen molar-refractivity contribution in [2.75, 3.05) is 26.2 Å². The Morgan fingerprint density at radius 2 is 2.20 bits per heavy atom. The Morgan fingerprint density at radius 3 is 2.73 bits per heavy atom.